The van der Waals surface area contributed by atoms with Gasteiger partial charge in [-0.2, -0.15) is 0 Å². The van der Waals surface area contributed by atoms with Crippen molar-refractivity contribution in [1.82, 2.24) is 10.2 Å². The zero-order valence-corrected chi connectivity index (χ0v) is 8.75. The molecule has 1 N–H and O–H groups in total. The molecule has 55 valence electrons. The van der Waals surface area contributed by atoms with Crippen molar-refractivity contribution in [2.45, 2.75) is 0 Å². The van der Waals surface area contributed by atoms with Crippen LogP contribution in [0, 0.1) is 0 Å². The molecule has 1 heterocycles. The van der Waals surface area contributed by atoms with Crippen LogP contribution in [0.25, 0.3) is 0 Å². The average Bonchev–Trinajstić information content (AvgIpc) is 1.88. The molecule has 10 heavy (non-hydrogen) atoms. The second-order valence-electron chi connectivity index (χ2n) is 2.45. The van der Waals surface area contributed by atoms with E-state index in [9.17, 15) is 4.79 Å². The molecule has 0 atom stereocenters. The van der Waals surface area contributed by atoms with Gasteiger partial charge < -0.3 is 0 Å². The van der Waals surface area contributed by atoms with Gasteiger partial charge in [-0.25, -0.2) is 0 Å². The molecule has 0 spiro atoms. The predicted octanol–water partition coefficient (Wildman–Crippen LogP) is -1.41. The number of hydrogen-bond acceptors (Lipinski definition) is 3. The molecule has 0 amide bonds. The summed E-state index contributed by atoms with van der Waals surface area (Å²) in [5, 5.41) is 3.24. The van der Waals surface area contributed by atoms with E-state index in [0.29, 0.717) is 10.3 Å². The molecule has 1 aliphatic heterocycles. The first-order valence-electron chi connectivity index (χ1n) is 3.46. The maximum atomic E-state index is 10.7. The van der Waals surface area contributed by atoms with E-state index in [1.807, 2.05) is 0 Å². The maximum absolute atomic E-state index is 10.7. The van der Waals surface area contributed by atoms with E-state index in [1.54, 1.807) is 0 Å². The molecular weight excluding hydrogens is 235 g/mol. The Morgan fingerprint density at radius 3 is 2.60 bits per heavy atom. The molecule has 0 aromatic heterocycles. The van der Waals surface area contributed by atoms with Crippen LogP contribution in [0.5, 0.6) is 0 Å². The summed E-state index contributed by atoms with van der Waals surface area (Å²) in [5.41, 5.74) is 0. The van der Waals surface area contributed by atoms with E-state index in [0.717, 1.165) is 48.7 Å². The van der Waals surface area contributed by atoms with Crippen molar-refractivity contribution in [3.8, 4) is 0 Å². The average molecular weight is 246 g/mol. The fraction of sp³-hybridized carbons (Fsp3) is 0.833. The Balaban J connectivity index is 2.19. The van der Waals surface area contributed by atoms with E-state index in [-0.39, 0.29) is 0 Å². The fourth-order valence-electron chi connectivity index (χ4n) is 1.07. The molecular formula is C6H11N2OSn. The van der Waals surface area contributed by atoms with Gasteiger partial charge in [0.1, 0.15) is 0 Å². The summed E-state index contributed by atoms with van der Waals surface area (Å²) < 4.78 is 0.356. The van der Waals surface area contributed by atoms with Crippen molar-refractivity contribution in [2.24, 2.45) is 0 Å². The molecule has 0 unspecified atom stereocenters. The van der Waals surface area contributed by atoms with Crippen molar-refractivity contribution in [3.63, 3.8) is 0 Å². The van der Waals surface area contributed by atoms with Crippen molar-refractivity contribution in [2.75, 3.05) is 32.7 Å². The molecule has 3 radical (unpaired) electrons. The SMILES string of the molecule is O=[C]([Sn])CN1CCNCC1. The van der Waals surface area contributed by atoms with Gasteiger partial charge in [-0.1, -0.05) is 0 Å². The van der Waals surface area contributed by atoms with Crippen LogP contribution in [0.4, 0.5) is 0 Å². The monoisotopic (exact) mass is 247 g/mol. The van der Waals surface area contributed by atoms with Gasteiger partial charge in [0.25, 0.3) is 0 Å². The summed E-state index contributed by atoms with van der Waals surface area (Å²) in [6, 6.07) is 0. The van der Waals surface area contributed by atoms with Gasteiger partial charge in [0.05, 0.1) is 0 Å². The van der Waals surface area contributed by atoms with Crippen LogP contribution in [0.15, 0.2) is 0 Å². The molecule has 1 rings (SSSR count). The van der Waals surface area contributed by atoms with Crippen LogP contribution in [0.2, 0.25) is 0 Å². The van der Waals surface area contributed by atoms with Crippen LogP contribution in [-0.2, 0) is 4.79 Å². The Labute approximate surface area is 74.2 Å². The van der Waals surface area contributed by atoms with Gasteiger partial charge in [-0.05, 0) is 0 Å². The Kier molecular flexibility index (Phi) is 3.65. The van der Waals surface area contributed by atoms with Gasteiger partial charge in [0.2, 0.25) is 0 Å². The second-order valence-corrected chi connectivity index (χ2v) is 4.04. The number of nitrogens with zero attached hydrogens (tertiary/aromatic N) is 1. The first-order chi connectivity index (χ1) is 4.79. The number of carbonyl (C=O) groups excluding carboxylic acids is 1. The molecule has 0 aromatic rings. The normalized spacial score (nSPS) is 20.9. The van der Waals surface area contributed by atoms with Gasteiger partial charge in [-0.3, -0.25) is 0 Å². The molecule has 0 aromatic carbocycles. The van der Waals surface area contributed by atoms with Gasteiger partial charge in [0, 0.05) is 0 Å². The quantitative estimate of drug-likeness (QED) is 0.607. The van der Waals surface area contributed by atoms with Crippen molar-refractivity contribution in [1.29, 1.82) is 0 Å². The topological polar surface area (TPSA) is 32.3 Å². The molecule has 0 saturated carbocycles. The van der Waals surface area contributed by atoms with Crippen molar-refractivity contribution < 1.29 is 4.79 Å². The number of nitrogens with one attached hydrogen (secondary N) is 1. The van der Waals surface area contributed by atoms with E-state index in [1.165, 1.54) is 0 Å². The third kappa shape index (κ3) is 2.98. The Hall–Kier alpha value is 0.389. The van der Waals surface area contributed by atoms with Crippen LogP contribution >= 0.6 is 0 Å². The van der Waals surface area contributed by atoms with Crippen LogP contribution in [0.3, 0.4) is 0 Å². The predicted molar refractivity (Wildman–Crippen MR) is 40.1 cm³/mol. The van der Waals surface area contributed by atoms with E-state index >= 15 is 0 Å². The molecule has 4 heteroatoms. The summed E-state index contributed by atoms with van der Waals surface area (Å²) in [5.74, 6) is 0. The molecule has 0 aliphatic carbocycles. The first kappa shape index (κ1) is 8.48. The van der Waals surface area contributed by atoms with Crippen LogP contribution in [0.1, 0.15) is 0 Å². The number of rotatable bonds is 2. The molecule has 1 aliphatic rings. The summed E-state index contributed by atoms with van der Waals surface area (Å²) in [4.78, 5) is 12.9. The molecule has 1 fully saturated rings. The number of carbonyl (C=O) groups is 1. The zero-order chi connectivity index (χ0) is 7.40. The molecule has 3 nitrogen and oxygen atoms in total. The standard InChI is InChI=1S/C6H11N2O.Sn/c9-6-5-8-3-1-7-2-4-8;/h7H,1-5H2;. The first-order valence-corrected chi connectivity index (χ1v) is 4.89. The molecule has 1 saturated heterocycles. The summed E-state index contributed by atoms with van der Waals surface area (Å²) >= 11 is 1.03. The van der Waals surface area contributed by atoms with E-state index < -0.39 is 0 Å². The Bertz CT molecular complexity index is 123. The summed E-state index contributed by atoms with van der Waals surface area (Å²) in [6.45, 7) is 4.78. The van der Waals surface area contributed by atoms with Gasteiger partial charge in [0.15, 0.2) is 0 Å². The fourth-order valence-corrected chi connectivity index (χ4v) is 1.71. The Morgan fingerprint density at radius 2 is 2.10 bits per heavy atom. The number of piperazine rings is 1. The zero-order valence-electron chi connectivity index (χ0n) is 5.89. The van der Waals surface area contributed by atoms with E-state index in [4.69, 9.17) is 0 Å². The van der Waals surface area contributed by atoms with Gasteiger partial charge in [-0.15, -0.1) is 0 Å². The third-order valence-electron chi connectivity index (χ3n) is 1.58. The third-order valence-corrected chi connectivity index (χ3v) is 2.03. The minimum atomic E-state index is 0.356. The molecule has 0 bridgehead atoms. The van der Waals surface area contributed by atoms with Gasteiger partial charge >= 0.3 is 74.1 Å². The second kappa shape index (κ2) is 4.30. The number of hydrogen-bond donors (Lipinski definition) is 1. The summed E-state index contributed by atoms with van der Waals surface area (Å²) in [7, 11) is 0. The van der Waals surface area contributed by atoms with Crippen LogP contribution in [-0.4, -0.2) is 63.9 Å². The Morgan fingerprint density at radius 1 is 1.50 bits per heavy atom. The van der Waals surface area contributed by atoms with E-state index in [2.05, 4.69) is 10.2 Å². The van der Waals surface area contributed by atoms with Crippen molar-refractivity contribution >= 4 is 26.3 Å². The minimum absolute atomic E-state index is 0.356. The van der Waals surface area contributed by atoms with Crippen molar-refractivity contribution in [3.05, 3.63) is 0 Å². The summed E-state index contributed by atoms with van der Waals surface area (Å²) in [6.07, 6.45) is 0. The van der Waals surface area contributed by atoms with Crippen LogP contribution < -0.4 is 5.32 Å².